The number of hydrogen-bond donors (Lipinski definition) is 2. The minimum absolute atomic E-state index is 0.0783. The molecule has 1 aromatic heterocycles. The Labute approximate surface area is 90.8 Å². The van der Waals surface area contributed by atoms with Gasteiger partial charge in [0, 0.05) is 19.3 Å². The van der Waals surface area contributed by atoms with Gasteiger partial charge in [-0.25, -0.2) is 0 Å². The average molecular weight is 261 g/mol. The Bertz CT molecular complexity index is 304. The molecule has 0 aromatic carbocycles. The highest BCUT2D eigenvalue weighted by molar-refractivity contribution is 9.10. The first kappa shape index (κ1) is 11.2. The lowest BCUT2D eigenvalue weighted by molar-refractivity contribution is -0.121. The Morgan fingerprint density at radius 1 is 1.79 bits per heavy atom. The monoisotopic (exact) mass is 260 g/mol. The van der Waals surface area contributed by atoms with Crippen molar-refractivity contribution >= 4 is 21.8 Å². The maximum atomic E-state index is 11.2. The van der Waals surface area contributed by atoms with Crippen molar-refractivity contribution in [3.05, 3.63) is 16.4 Å². The van der Waals surface area contributed by atoms with Crippen LogP contribution >= 0.6 is 15.9 Å². The summed E-state index contributed by atoms with van der Waals surface area (Å²) in [4.78, 5) is 11.2. The number of rotatable bonds is 4. The molecule has 14 heavy (non-hydrogen) atoms. The van der Waals surface area contributed by atoms with E-state index in [9.17, 15) is 4.79 Å². The topological polar surface area (TPSA) is 72.9 Å². The van der Waals surface area contributed by atoms with Crippen LogP contribution in [0.25, 0.3) is 0 Å². The molecule has 1 amide bonds. The number of carbonyl (C=O) groups excluding carboxylic acids is 1. The fraction of sp³-hybridized carbons (Fsp3) is 0.500. The Morgan fingerprint density at radius 3 is 3.00 bits per heavy atom. The molecule has 78 valence electrons. The van der Waals surface area contributed by atoms with Crippen LogP contribution in [0.2, 0.25) is 0 Å². The van der Waals surface area contributed by atoms with Gasteiger partial charge < -0.3 is 11.1 Å². The molecule has 5 nitrogen and oxygen atoms in total. The highest BCUT2D eigenvalue weighted by Gasteiger charge is 2.05. The SMILES string of the molecule is Cc1nn(CC(=O)NCCN)cc1Br. The van der Waals surface area contributed by atoms with Crippen LogP contribution in [0.5, 0.6) is 0 Å². The molecule has 0 saturated heterocycles. The van der Waals surface area contributed by atoms with Gasteiger partial charge in [0.15, 0.2) is 0 Å². The van der Waals surface area contributed by atoms with Crippen LogP contribution < -0.4 is 11.1 Å². The van der Waals surface area contributed by atoms with Crippen LogP contribution in [-0.4, -0.2) is 28.8 Å². The van der Waals surface area contributed by atoms with Crippen molar-refractivity contribution in [2.75, 3.05) is 13.1 Å². The largest absolute Gasteiger partial charge is 0.353 e. The highest BCUT2D eigenvalue weighted by atomic mass is 79.9. The zero-order valence-electron chi connectivity index (χ0n) is 7.96. The van der Waals surface area contributed by atoms with Gasteiger partial charge in [-0.1, -0.05) is 0 Å². The molecule has 0 saturated carbocycles. The lowest BCUT2D eigenvalue weighted by Gasteiger charge is -2.02. The number of amides is 1. The Kier molecular flexibility index (Phi) is 4.09. The third-order valence-corrected chi connectivity index (χ3v) is 2.44. The van der Waals surface area contributed by atoms with Crippen LogP contribution in [0.15, 0.2) is 10.7 Å². The fourth-order valence-electron chi connectivity index (χ4n) is 0.989. The van der Waals surface area contributed by atoms with Crippen LogP contribution in [0.3, 0.4) is 0 Å². The predicted octanol–water partition coefficient (Wildman–Crippen LogP) is 0.0289. The number of aromatic nitrogens is 2. The molecule has 1 rings (SSSR count). The second-order valence-corrected chi connectivity index (χ2v) is 3.75. The summed E-state index contributed by atoms with van der Waals surface area (Å²) < 4.78 is 2.50. The van der Waals surface area contributed by atoms with Gasteiger partial charge in [-0.3, -0.25) is 9.48 Å². The fourth-order valence-corrected chi connectivity index (χ4v) is 1.30. The highest BCUT2D eigenvalue weighted by Crippen LogP contribution is 2.12. The minimum atomic E-state index is -0.0783. The van der Waals surface area contributed by atoms with Gasteiger partial charge in [0.1, 0.15) is 6.54 Å². The van der Waals surface area contributed by atoms with Crippen molar-refractivity contribution in [3.8, 4) is 0 Å². The van der Waals surface area contributed by atoms with E-state index in [1.54, 1.807) is 10.9 Å². The van der Waals surface area contributed by atoms with Crippen molar-refractivity contribution in [1.82, 2.24) is 15.1 Å². The van der Waals surface area contributed by atoms with E-state index in [-0.39, 0.29) is 12.5 Å². The number of nitrogens with two attached hydrogens (primary N) is 1. The molecule has 0 aliphatic heterocycles. The summed E-state index contributed by atoms with van der Waals surface area (Å²) >= 11 is 3.32. The van der Waals surface area contributed by atoms with Gasteiger partial charge in [0.05, 0.1) is 10.2 Å². The standard InChI is InChI=1S/C8H13BrN4O/c1-6-7(9)4-13(12-6)5-8(14)11-3-2-10/h4H,2-3,5,10H2,1H3,(H,11,14). The number of carbonyl (C=O) groups is 1. The van der Waals surface area contributed by atoms with Crippen molar-refractivity contribution < 1.29 is 4.79 Å². The molecule has 1 heterocycles. The molecule has 0 spiro atoms. The molecule has 1 aromatic rings. The van der Waals surface area contributed by atoms with E-state index >= 15 is 0 Å². The molecule has 0 atom stereocenters. The van der Waals surface area contributed by atoms with E-state index in [0.717, 1.165) is 10.2 Å². The van der Waals surface area contributed by atoms with E-state index in [4.69, 9.17) is 5.73 Å². The predicted molar refractivity (Wildman–Crippen MR) is 56.7 cm³/mol. The quantitative estimate of drug-likeness (QED) is 0.803. The molecule has 0 aliphatic rings. The van der Waals surface area contributed by atoms with Gasteiger partial charge >= 0.3 is 0 Å². The molecule has 6 heteroatoms. The van der Waals surface area contributed by atoms with E-state index in [1.807, 2.05) is 6.92 Å². The van der Waals surface area contributed by atoms with Crippen LogP contribution in [-0.2, 0) is 11.3 Å². The number of nitrogens with zero attached hydrogens (tertiary/aromatic N) is 2. The van der Waals surface area contributed by atoms with Gasteiger partial charge in [-0.15, -0.1) is 0 Å². The first-order valence-electron chi connectivity index (χ1n) is 4.30. The summed E-state index contributed by atoms with van der Waals surface area (Å²) in [7, 11) is 0. The summed E-state index contributed by atoms with van der Waals surface area (Å²) in [6, 6.07) is 0. The lowest BCUT2D eigenvalue weighted by Crippen LogP contribution is -2.32. The normalized spacial score (nSPS) is 10.2. The van der Waals surface area contributed by atoms with Gasteiger partial charge in [0.2, 0.25) is 5.91 Å². The van der Waals surface area contributed by atoms with Crippen molar-refractivity contribution in [2.24, 2.45) is 5.73 Å². The smallest absolute Gasteiger partial charge is 0.241 e. The van der Waals surface area contributed by atoms with Gasteiger partial charge in [-0.2, -0.15) is 5.10 Å². The molecule has 0 fully saturated rings. The Morgan fingerprint density at radius 2 is 2.50 bits per heavy atom. The Hall–Kier alpha value is -0.880. The third-order valence-electron chi connectivity index (χ3n) is 1.66. The average Bonchev–Trinajstić information content (AvgIpc) is 2.42. The van der Waals surface area contributed by atoms with Crippen LogP contribution in [0.1, 0.15) is 5.69 Å². The second kappa shape index (κ2) is 5.11. The summed E-state index contributed by atoms with van der Waals surface area (Å²) in [5.41, 5.74) is 6.13. The summed E-state index contributed by atoms with van der Waals surface area (Å²) in [5, 5.41) is 6.81. The minimum Gasteiger partial charge on any atom is -0.353 e. The summed E-state index contributed by atoms with van der Waals surface area (Å²) in [6.07, 6.45) is 1.78. The number of halogens is 1. The van der Waals surface area contributed by atoms with E-state index in [1.165, 1.54) is 0 Å². The molecule has 0 bridgehead atoms. The maximum absolute atomic E-state index is 11.2. The molecular weight excluding hydrogens is 248 g/mol. The zero-order chi connectivity index (χ0) is 10.6. The van der Waals surface area contributed by atoms with E-state index in [0.29, 0.717) is 13.1 Å². The molecular formula is C8H13BrN4O. The molecule has 0 radical (unpaired) electrons. The number of hydrogen-bond acceptors (Lipinski definition) is 3. The third kappa shape index (κ3) is 3.12. The van der Waals surface area contributed by atoms with Gasteiger partial charge in [0.25, 0.3) is 0 Å². The van der Waals surface area contributed by atoms with Crippen molar-refractivity contribution in [1.29, 1.82) is 0 Å². The van der Waals surface area contributed by atoms with E-state index in [2.05, 4.69) is 26.3 Å². The van der Waals surface area contributed by atoms with Crippen molar-refractivity contribution in [3.63, 3.8) is 0 Å². The molecule has 3 N–H and O–H groups in total. The lowest BCUT2D eigenvalue weighted by atomic mass is 10.5. The van der Waals surface area contributed by atoms with E-state index < -0.39 is 0 Å². The number of nitrogens with one attached hydrogen (secondary N) is 1. The summed E-state index contributed by atoms with van der Waals surface area (Å²) in [5.74, 6) is -0.0783. The van der Waals surface area contributed by atoms with Crippen LogP contribution in [0, 0.1) is 6.92 Å². The molecule has 0 unspecified atom stereocenters. The maximum Gasteiger partial charge on any atom is 0.241 e. The second-order valence-electron chi connectivity index (χ2n) is 2.90. The Balaban J connectivity index is 2.48. The summed E-state index contributed by atoms with van der Waals surface area (Å²) in [6.45, 7) is 3.05. The number of aryl methyl sites for hydroxylation is 1. The van der Waals surface area contributed by atoms with Crippen LogP contribution in [0.4, 0.5) is 0 Å². The zero-order valence-corrected chi connectivity index (χ0v) is 9.54. The first-order valence-corrected chi connectivity index (χ1v) is 5.09. The van der Waals surface area contributed by atoms with Gasteiger partial charge in [-0.05, 0) is 22.9 Å². The van der Waals surface area contributed by atoms with Crippen molar-refractivity contribution in [2.45, 2.75) is 13.5 Å². The first-order chi connectivity index (χ1) is 6.63. The molecule has 0 aliphatic carbocycles.